The number of nitrogens with zero attached hydrogens (tertiary/aromatic N) is 1. The predicted molar refractivity (Wildman–Crippen MR) is 63.0 cm³/mol. The Hall–Kier alpha value is -0.130. The van der Waals surface area contributed by atoms with Gasteiger partial charge in [0.1, 0.15) is 0 Å². The van der Waals surface area contributed by atoms with Crippen molar-refractivity contribution >= 4 is 9.84 Å². The van der Waals surface area contributed by atoms with Crippen LogP contribution >= 0.6 is 0 Å². The summed E-state index contributed by atoms with van der Waals surface area (Å²) in [4.78, 5) is 2.17. The Morgan fingerprint density at radius 1 is 1.19 bits per heavy atom. The largest absolute Gasteiger partial charge is 0.390 e. The number of aliphatic hydroxyl groups is 1. The van der Waals surface area contributed by atoms with Crippen LogP contribution < -0.4 is 0 Å². The normalized spacial score (nSPS) is 44.7. The molecule has 2 saturated heterocycles. The molecule has 2 rings (SSSR count). The first-order chi connectivity index (χ1) is 7.39. The predicted octanol–water partition coefficient (Wildman–Crippen LogP) is 0.122. The summed E-state index contributed by atoms with van der Waals surface area (Å²) in [6, 6.07) is -0.167. The number of likely N-dealkylation sites (tertiary alicyclic amines) is 1. The second kappa shape index (κ2) is 4.27. The third-order valence-electron chi connectivity index (χ3n) is 4.13. The van der Waals surface area contributed by atoms with Crippen molar-refractivity contribution in [2.75, 3.05) is 24.6 Å². The molecule has 0 radical (unpaired) electrons. The van der Waals surface area contributed by atoms with Crippen molar-refractivity contribution in [3.8, 4) is 0 Å². The van der Waals surface area contributed by atoms with Crippen LogP contribution in [-0.2, 0) is 9.84 Å². The molecule has 4 unspecified atom stereocenters. The molecular weight excluding hydrogens is 226 g/mol. The maximum atomic E-state index is 11.5. The summed E-state index contributed by atoms with van der Waals surface area (Å²) >= 11 is 0. The average Bonchev–Trinajstić information content (AvgIpc) is 2.45. The highest BCUT2D eigenvalue weighted by molar-refractivity contribution is 7.91. The minimum Gasteiger partial charge on any atom is -0.390 e. The van der Waals surface area contributed by atoms with Crippen molar-refractivity contribution in [1.29, 1.82) is 0 Å². The van der Waals surface area contributed by atoms with Crippen molar-refractivity contribution in [1.82, 2.24) is 4.90 Å². The van der Waals surface area contributed by atoms with E-state index < -0.39 is 15.9 Å². The zero-order valence-corrected chi connectivity index (χ0v) is 10.8. The molecule has 94 valence electrons. The highest BCUT2D eigenvalue weighted by Crippen LogP contribution is 2.27. The first kappa shape index (κ1) is 12.3. The number of aliphatic hydroxyl groups excluding tert-OH is 1. The van der Waals surface area contributed by atoms with Crippen LogP contribution in [0.2, 0.25) is 0 Å². The molecule has 0 aromatic carbocycles. The van der Waals surface area contributed by atoms with Gasteiger partial charge in [-0.2, -0.15) is 0 Å². The second-order valence-corrected chi connectivity index (χ2v) is 7.60. The summed E-state index contributed by atoms with van der Waals surface area (Å²) in [5.74, 6) is 1.36. The van der Waals surface area contributed by atoms with Crippen molar-refractivity contribution < 1.29 is 13.5 Å². The van der Waals surface area contributed by atoms with E-state index >= 15 is 0 Å². The van der Waals surface area contributed by atoms with E-state index in [2.05, 4.69) is 18.7 Å². The van der Waals surface area contributed by atoms with E-state index in [1.807, 2.05) is 0 Å². The van der Waals surface area contributed by atoms with Gasteiger partial charge in [0.2, 0.25) is 0 Å². The van der Waals surface area contributed by atoms with Gasteiger partial charge < -0.3 is 5.11 Å². The molecule has 0 aromatic rings. The zero-order chi connectivity index (χ0) is 11.9. The molecule has 0 spiro atoms. The number of hydrogen-bond acceptors (Lipinski definition) is 4. The molecule has 2 aliphatic heterocycles. The minimum atomic E-state index is -3.02. The summed E-state index contributed by atoms with van der Waals surface area (Å²) < 4.78 is 22.9. The lowest BCUT2D eigenvalue weighted by molar-refractivity contribution is 0.0408. The summed E-state index contributed by atoms with van der Waals surface area (Å²) in [5, 5.41) is 9.81. The molecule has 0 amide bonds. The Morgan fingerprint density at radius 2 is 1.88 bits per heavy atom. The molecule has 2 aliphatic rings. The van der Waals surface area contributed by atoms with Gasteiger partial charge in [0.25, 0.3) is 0 Å². The fraction of sp³-hybridized carbons (Fsp3) is 1.00. The van der Waals surface area contributed by atoms with Gasteiger partial charge in [-0.15, -0.1) is 0 Å². The summed E-state index contributed by atoms with van der Waals surface area (Å²) in [5.41, 5.74) is 0. The van der Waals surface area contributed by atoms with Gasteiger partial charge in [0.05, 0.1) is 23.7 Å². The summed E-state index contributed by atoms with van der Waals surface area (Å²) in [6.45, 7) is 6.28. The molecule has 0 saturated carbocycles. The van der Waals surface area contributed by atoms with Crippen molar-refractivity contribution in [3.05, 3.63) is 0 Å². The van der Waals surface area contributed by atoms with Crippen LogP contribution in [0.15, 0.2) is 0 Å². The number of sulfone groups is 1. The zero-order valence-electron chi connectivity index (χ0n) is 9.96. The Kier molecular flexibility index (Phi) is 3.29. The van der Waals surface area contributed by atoms with Gasteiger partial charge in [-0.3, -0.25) is 4.90 Å². The van der Waals surface area contributed by atoms with Gasteiger partial charge in [-0.05, 0) is 24.8 Å². The SMILES string of the molecule is CC1CCN(C2CS(=O)(=O)CC2O)CC1C. The van der Waals surface area contributed by atoms with Crippen molar-refractivity contribution in [2.45, 2.75) is 32.4 Å². The molecule has 5 heteroatoms. The standard InChI is InChI=1S/C11H21NO3S/c1-8-3-4-12(5-9(8)2)10-6-16(14,15)7-11(10)13/h8-11,13H,3-7H2,1-2H3. The smallest absolute Gasteiger partial charge is 0.154 e. The van der Waals surface area contributed by atoms with E-state index in [1.54, 1.807) is 0 Å². The second-order valence-electron chi connectivity index (χ2n) is 5.45. The Labute approximate surface area is 97.6 Å². The van der Waals surface area contributed by atoms with Crippen LogP contribution in [0.5, 0.6) is 0 Å². The van der Waals surface area contributed by atoms with Gasteiger partial charge >= 0.3 is 0 Å². The highest BCUT2D eigenvalue weighted by Gasteiger charge is 2.41. The molecule has 4 nitrogen and oxygen atoms in total. The Balaban J connectivity index is 2.04. The fourth-order valence-electron chi connectivity index (χ4n) is 2.76. The third kappa shape index (κ3) is 2.41. The molecule has 2 fully saturated rings. The van der Waals surface area contributed by atoms with Gasteiger partial charge in [0, 0.05) is 6.54 Å². The lowest BCUT2D eigenvalue weighted by Crippen LogP contribution is -2.49. The van der Waals surface area contributed by atoms with Crippen LogP contribution in [0.25, 0.3) is 0 Å². The third-order valence-corrected chi connectivity index (χ3v) is 5.83. The van der Waals surface area contributed by atoms with Gasteiger partial charge in [-0.25, -0.2) is 8.42 Å². The molecule has 4 atom stereocenters. The first-order valence-electron chi connectivity index (χ1n) is 6.01. The number of piperidine rings is 1. The number of rotatable bonds is 1. The minimum absolute atomic E-state index is 0.0574. The molecule has 2 heterocycles. The van der Waals surface area contributed by atoms with Crippen LogP contribution in [0.4, 0.5) is 0 Å². The molecule has 16 heavy (non-hydrogen) atoms. The first-order valence-corrected chi connectivity index (χ1v) is 7.84. The molecular formula is C11H21NO3S. The van der Waals surface area contributed by atoms with E-state index in [4.69, 9.17) is 0 Å². The number of hydrogen-bond donors (Lipinski definition) is 1. The fourth-order valence-corrected chi connectivity index (χ4v) is 4.59. The van der Waals surface area contributed by atoms with Gasteiger partial charge in [0.15, 0.2) is 9.84 Å². The summed E-state index contributed by atoms with van der Waals surface area (Å²) in [6.07, 6.45) is 0.412. The maximum absolute atomic E-state index is 11.5. The average molecular weight is 247 g/mol. The van der Waals surface area contributed by atoms with E-state index in [0.717, 1.165) is 19.5 Å². The van der Waals surface area contributed by atoms with Crippen molar-refractivity contribution in [2.24, 2.45) is 11.8 Å². The van der Waals surface area contributed by atoms with E-state index in [-0.39, 0.29) is 17.5 Å². The quantitative estimate of drug-likeness (QED) is 0.715. The molecule has 1 N–H and O–H groups in total. The Bertz CT molecular complexity index is 354. The lowest BCUT2D eigenvalue weighted by atomic mass is 9.88. The molecule has 0 aromatic heterocycles. The van der Waals surface area contributed by atoms with Crippen LogP contribution in [0, 0.1) is 11.8 Å². The molecule has 0 aliphatic carbocycles. The van der Waals surface area contributed by atoms with Crippen LogP contribution in [0.1, 0.15) is 20.3 Å². The lowest BCUT2D eigenvalue weighted by Gasteiger charge is -2.39. The van der Waals surface area contributed by atoms with Crippen LogP contribution in [-0.4, -0.2) is 55.2 Å². The van der Waals surface area contributed by atoms with Gasteiger partial charge in [-0.1, -0.05) is 13.8 Å². The van der Waals surface area contributed by atoms with E-state index in [9.17, 15) is 13.5 Å². The topological polar surface area (TPSA) is 57.6 Å². The maximum Gasteiger partial charge on any atom is 0.154 e. The Morgan fingerprint density at radius 3 is 2.38 bits per heavy atom. The summed E-state index contributed by atoms with van der Waals surface area (Å²) in [7, 11) is -3.02. The van der Waals surface area contributed by atoms with E-state index in [0.29, 0.717) is 11.8 Å². The van der Waals surface area contributed by atoms with Crippen LogP contribution in [0.3, 0.4) is 0 Å². The monoisotopic (exact) mass is 247 g/mol. The van der Waals surface area contributed by atoms with E-state index in [1.165, 1.54) is 0 Å². The molecule has 0 bridgehead atoms. The highest BCUT2D eigenvalue weighted by atomic mass is 32.2. The van der Waals surface area contributed by atoms with Crippen molar-refractivity contribution in [3.63, 3.8) is 0 Å².